The predicted octanol–water partition coefficient (Wildman–Crippen LogP) is 3.04. The Bertz CT molecular complexity index is 680. The highest BCUT2D eigenvalue weighted by molar-refractivity contribution is 9.10. The Morgan fingerprint density at radius 1 is 1.38 bits per heavy atom. The fourth-order valence-electron chi connectivity index (χ4n) is 1.57. The Labute approximate surface area is 100 Å². The molecule has 0 atom stereocenters. The molecule has 0 bridgehead atoms. The van der Waals surface area contributed by atoms with Crippen LogP contribution in [0.2, 0.25) is 0 Å². The number of fused-ring (bicyclic) bond motifs is 1. The van der Waals surface area contributed by atoms with Gasteiger partial charge in [0.2, 0.25) is 5.43 Å². The Balaban J connectivity index is 3.04. The van der Waals surface area contributed by atoms with Gasteiger partial charge in [0.15, 0.2) is 0 Å². The van der Waals surface area contributed by atoms with Crippen LogP contribution in [0.1, 0.15) is 16.7 Å². The van der Waals surface area contributed by atoms with Gasteiger partial charge in [-0.25, -0.2) is 0 Å². The van der Waals surface area contributed by atoms with E-state index in [-0.39, 0.29) is 11.0 Å². The van der Waals surface area contributed by atoms with Gasteiger partial charge in [0.05, 0.1) is 5.39 Å². The van der Waals surface area contributed by atoms with Crippen molar-refractivity contribution in [2.24, 2.45) is 0 Å². The van der Waals surface area contributed by atoms with E-state index in [1.54, 1.807) is 6.07 Å². The highest BCUT2D eigenvalue weighted by Gasteiger charge is 2.12. The van der Waals surface area contributed by atoms with Crippen molar-refractivity contribution in [3.63, 3.8) is 0 Å². The van der Waals surface area contributed by atoms with Crippen molar-refractivity contribution in [3.8, 4) is 6.07 Å². The van der Waals surface area contributed by atoms with Crippen molar-refractivity contribution in [2.45, 2.75) is 13.8 Å². The first-order chi connectivity index (χ1) is 7.56. The smallest absolute Gasteiger partial charge is 0.210 e. The normalized spacial score (nSPS) is 10.4. The molecule has 0 amide bonds. The molecule has 3 nitrogen and oxygen atoms in total. The highest BCUT2D eigenvalue weighted by Crippen LogP contribution is 2.26. The Morgan fingerprint density at radius 3 is 2.69 bits per heavy atom. The van der Waals surface area contributed by atoms with Crippen LogP contribution in [0.3, 0.4) is 0 Å². The lowest BCUT2D eigenvalue weighted by Crippen LogP contribution is -2.06. The fraction of sp³-hybridized carbons (Fsp3) is 0.167. The first-order valence-corrected chi connectivity index (χ1v) is 5.47. The maximum atomic E-state index is 11.9. The van der Waals surface area contributed by atoms with Gasteiger partial charge in [-0.3, -0.25) is 4.79 Å². The molecule has 0 fully saturated rings. The number of hydrogen-bond acceptors (Lipinski definition) is 3. The van der Waals surface area contributed by atoms with Gasteiger partial charge in [0, 0.05) is 4.47 Å². The lowest BCUT2D eigenvalue weighted by Gasteiger charge is -2.06. The zero-order valence-electron chi connectivity index (χ0n) is 8.80. The zero-order valence-corrected chi connectivity index (χ0v) is 10.4. The van der Waals surface area contributed by atoms with Gasteiger partial charge in [-0.15, -0.1) is 0 Å². The van der Waals surface area contributed by atoms with Crippen LogP contribution in [0.25, 0.3) is 11.0 Å². The molecule has 4 heteroatoms. The topological polar surface area (TPSA) is 54.0 Å². The monoisotopic (exact) mass is 277 g/mol. The van der Waals surface area contributed by atoms with Crippen LogP contribution in [0, 0.1) is 25.2 Å². The maximum absolute atomic E-state index is 11.9. The molecule has 0 spiro atoms. The van der Waals surface area contributed by atoms with Crippen molar-refractivity contribution < 1.29 is 4.42 Å². The van der Waals surface area contributed by atoms with E-state index in [9.17, 15) is 4.79 Å². The van der Waals surface area contributed by atoms with Crippen LogP contribution in [-0.4, -0.2) is 0 Å². The van der Waals surface area contributed by atoms with Gasteiger partial charge in [-0.05, 0) is 31.0 Å². The summed E-state index contributed by atoms with van der Waals surface area (Å²) in [4.78, 5) is 11.9. The number of aryl methyl sites for hydroxylation is 1. The van der Waals surface area contributed by atoms with Gasteiger partial charge < -0.3 is 4.42 Å². The fourth-order valence-corrected chi connectivity index (χ4v) is 2.09. The lowest BCUT2D eigenvalue weighted by molar-refractivity contribution is 0.597. The van der Waals surface area contributed by atoms with Crippen molar-refractivity contribution in [2.75, 3.05) is 0 Å². The van der Waals surface area contributed by atoms with Crippen molar-refractivity contribution in [1.29, 1.82) is 5.26 Å². The summed E-state index contributed by atoms with van der Waals surface area (Å²) < 4.78 is 6.18. The minimum Gasteiger partial charge on any atom is -0.462 e. The second-order valence-electron chi connectivity index (χ2n) is 3.58. The van der Waals surface area contributed by atoms with Gasteiger partial charge in [-0.2, -0.15) is 5.26 Å². The molecule has 1 heterocycles. The summed E-state index contributed by atoms with van der Waals surface area (Å²) in [6.45, 7) is 3.83. The number of benzene rings is 1. The minimum absolute atomic E-state index is 0.0302. The van der Waals surface area contributed by atoms with Crippen molar-refractivity contribution in [1.82, 2.24) is 0 Å². The summed E-state index contributed by atoms with van der Waals surface area (Å²) in [6.07, 6.45) is 1.21. The van der Waals surface area contributed by atoms with E-state index in [4.69, 9.17) is 9.68 Å². The summed E-state index contributed by atoms with van der Waals surface area (Å²) in [6, 6.07) is 3.52. The van der Waals surface area contributed by atoms with E-state index in [0.717, 1.165) is 15.6 Å². The minimum atomic E-state index is -0.285. The third-order valence-electron chi connectivity index (χ3n) is 2.68. The molecule has 0 N–H and O–H groups in total. The maximum Gasteiger partial charge on any atom is 0.210 e. The van der Waals surface area contributed by atoms with E-state index >= 15 is 0 Å². The molecule has 0 radical (unpaired) electrons. The van der Waals surface area contributed by atoms with E-state index in [2.05, 4.69) is 15.9 Å². The van der Waals surface area contributed by atoms with Crippen LogP contribution in [0.15, 0.2) is 26.0 Å². The quantitative estimate of drug-likeness (QED) is 0.744. The summed E-state index contributed by atoms with van der Waals surface area (Å²) in [5.41, 5.74) is 2.23. The van der Waals surface area contributed by atoms with Gasteiger partial charge in [0.25, 0.3) is 0 Å². The van der Waals surface area contributed by atoms with Crippen LogP contribution in [0.5, 0.6) is 0 Å². The lowest BCUT2D eigenvalue weighted by atomic mass is 10.1. The average molecular weight is 278 g/mol. The molecular weight excluding hydrogens is 270 g/mol. The molecule has 1 aromatic heterocycles. The third-order valence-corrected chi connectivity index (χ3v) is 3.51. The number of rotatable bonds is 0. The highest BCUT2D eigenvalue weighted by atomic mass is 79.9. The van der Waals surface area contributed by atoms with Gasteiger partial charge in [0.1, 0.15) is 23.5 Å². The molecular formula is C12H8BrNO2. The molecule has 0 unspecified atom stereocenters. The molecule has 0 saturated heterocycles. The van der Waals surface area contributed by atoms with E-state index in [0.29, 0.717) is 11.0 Å². The molecule has 2 rings (SSSR count). The zero-order chi connectivity index (χ0) is 11.9. The number of nitriles is 1. The molecule has 1 aromatic carbocycles. The Morgan fingerprint density at radius 2 is 2.06 bits per heavy atom. The molecule has 0 saturated carbocycles. The standard InChI is InChI=1S/C12H8BrNO2/c1-6-7(2)12-9(3-10(6)13)11(15)8(4-14)5-16-12/h3,5H,1-2H3. The summed E-state index contributed by atoms with van der Waals surface area (Å²) in [5.74, 6) is 0. The largest absolute Gasteiger partial charge is 0.462 e. The Hall–Kier alpha value is -1.60. The molecule has 80 valence electrons. The average Bonchev–Trinajstić information content (AvgIpc) is 2.28. The Kier molecular flexibility index (Phi) is 2.56. The van der Waals surface area contributed by atoms with Crippen LogP contribution < -0.4 is 5.43 Å². The van der Waals surface area contributed by atoms with Crippen LogP contribution in [-0.2, 0) is 0 Å². The van der Waals surface area contributed by atoms with Crippen molar-refractivity contribution >= 4 is 26.9 Å². The second-order valence-corrected chi connectivity index (χ2v) is 4.43. The SMILES string of the molecule is Cc1c(Br)cc2c(=O)c(C#N)coc2c1C. The second kappa shape index (κ2) is 3.76. The molecule has 0 aliphatic rings. The molecule has 0 aliphatic heterocycles. The van der Waals surface area contributed by atoms with Crippen LogP contribution >= 0.6 is 15.9 Å². The van der Waals surface area contributed by atoms with E-state index < -0.39 is 0 Å². The number of nitrogens with zero attached hydrogens (tertiary/aromatic N) is 1. The van der Waals surface area contributed by atoms with Crippen LogP contribution in [0.4, 0.5) is 0 Å². The first kappa shape index (κ1) is 10.9. The molecule has 16 heavy (non-hydrogen) atoms. The molecule has 2 aromatic rings. The summed E-state index contributed by atoms with van der Waals surface area (Å²) in [7, 11) is 0. The van der Waals surface area contributed by atoms with E-state index in [1.165, 1.54) is 6.26 Å². The molecule has 0 aliphatic carbocycles. The van der Waals surface area contributed by atoms with Gasteiger partial charge >= 0.3 is 0 Å². The van der Waals surface area contributed by atoms with E-state index in [1.807, 2.05) is 19.9 Å². The third kappa shape index (κ3) is 1.44. The number of hydrogen-bond donors (Lipinski definition) is 0. The predicted molar refractivity (Wildman–Crippen MR) is 64.4 cm³/mol. The summed E-state index contributed by atoms with van der Waals surface area (Å²) in [5, 5.41) is 9.19. The first-order valence-electron chi connectivity index (χ1n) is 4.67. The van der Waals surface area contributed by atoms with Gasteiger partial charge in [-0.1, -0.05) is 15.9 Å². The number of halogens is 1. The van der Waals surface area contributed by atoms with Crippen molar-refractivity contribution in [3.05, 3.63) is 43.7 Å². The summed E-state index contributed by atoms with van der Waals surface area (Å²) >= 11 is 3.38.